The molecule has 0 saturated carbocycles. The molecule has 1 aromatic carbocycles. The number of aryl methyl sites for hydroxylation is 1. The Kier molecular flexibility index (Phi) is 5.17. The van der Waals surface area contributed by atoms with Gasteiger partial charge in [-0.1, -0.05) is 25.1 Å². The zero-order valence-corrected chi connectivity index (χ0v) is 10.2. The van der Waals surface area contributed by atoms with Crippen molar-refractivity contribution in [3.05, 3.63) is 29.8 Å². The van der Waals surface area contributed by atoms with Gasteiger partial charge in [-0.2, -0.15) is 0 Å². The zero-order chi connectivity index (χ0) is 13.5. The minimum absolute atomic E-state index is 0.110. The number of carboxylic acid groups (broad SMARTS) is 2. The van der Waals surface area contributed by atoms with Crippen molar-refractivity contribution in [2.24, 2.45) is 5.92 Å². The molecule has 1 atom stereocenters. The molecule has 0 spiro atoms. The molecular weight excluding hydrogens is 234 g/mol. The Balaban J connectivity index is 2.66. The highest BCUT2D eigenvalue weighted by atomic mass is 16.4. The van der Waals surface area contributed by atoms with Crippen LogP contribution in [0.3, 0.4) is 0 Å². The predicted molar refractivity (Wildman–Crippen MR) is 67.7 cm³/mol. The van der Waals surface area contributed by atoms with E-state index in [2.05, 4.69) is 5.32 Å². The normalized spacial score (nSPS) is 11.8. The van der Waals surface area contributed by atoms with Gasteiger partial charge in [0.05, 0.1) is 12.3 Å². The smallest absolute Gasteiger partial charge is 0.308 e. The topological polar surface area (TPSA) is 86.6 Å². The van der Waals surface area contributed by atoms with Crippen LogP contribution in [-0.4, -0.2) is 28.7 Å². The number of rotatable bonds is 7. The van der Waals surface area contributed by atoms with Crippen molar-refractivity contribution in [2.75, 3.05) is 11.9 Å². The van der Waals surface area contributed by atoms with Gasteiger partial charge in [0, 0.05) is 12.2 Å². The van der Waals surface area contributed by atoms with Gasteiger partial charge in [0.2, 0.25) is 0 Å². The largest absolute Gasteiger partial charge is 0.481 e. The van der Waals surface area contributed by atoms with Crippen LogP contribution in [0.2, 0.25) is 0 Å². The van der Waals surface area contributed by atoms with Crippen molar-refractivity contribution in [3.63, 3.8) is 0 Å². The molecule has 3 N–H and O–H groups in total. The van der Waals surface area contributed by atoms with Crippen molar-refractivity contribution in [1.29, 1.82) is 0 Å². The summed E-state index contributed by atoms with van der Waals surface area (Å²) in [7, 11) is 0. The molecular formula is C13H17NO4. The molecule has 0 radical (unpaired) electrons. The number of hydrogen-bond acceptors (Lipinski definition) is 3. The number of para-hydroxylation sites is 1. The highest BCUT2D eigenvalue weighted by molar-refractivity contribution is 5.78. The van der Waals surface area contributed by atoms with E-state index >= 15 is 0 Å². The SMILES string of the molecule is CCc1ccccc1NCC(CC(=O)O)C(=O)O. The number of carbonyl (C=O) groups is 2. The third-order valence-corrected chi connectivity index (χ3v) is 2.71. The van der Waals surface area contributed by atoms with Gasteiger partial charge in [-0.25, -0.2) is 0 Å². The third-order valence-electron chi connectivity index (χ3n) is 2.71. The van der Waals surface area contributed by atoms with Gasteiger partial charge in [-0.3, -0.25) is 9.59 Å². The highest BCUT2D eigenvalue weighted by Gasteiger charge is 2.20. The van der Waals surface area contributed by atoms with Gasteiger partial charge < -0.3 is 15.5 Å². The Hall–Kier alpha value is -2.04. The van der Waals surface area contributed by atoms with Gasteiger partial charge in [0.1, 0.15) is 0 Å². The summed E-state index contributed by atoms with van der Waals surface area (Å²) in [5, 5.41) is 20.6. The molecule has 1 rings (SSSR count). The van der Waals surface area contributed by atoms with Crippen molar-refractivity contribution in [3.8, 4) is 0 Å². The molecule has 0 heterocycles. The van der Waals surface area contributed by atoms with E-state index in [0.717, 1.165) is 17.7 Å². The first-order valence-electron chi connectivity index (χ1n) is 5.81. The van der Waals surface area contributed by atoms with Gasteiger partial charge in [0.25, 0.3) is 0 Å². The minimum atomic E-state index is -1.10. The van der Waals surface area contributed by atoms with E-state index in [1.54, 1.807) is 0 Å². The van der Waals surface area contributed by atoms with Crippen LogP contribution in [0, 0.1) is 5.92 Å². The number of carboxylic acids is 2. The first-order valence-corrected chi connectivity index (χ1v) is 5.81. The Bertz CT molecular complexity index is 431. The van der Waals surface area contributed by atoms with Crippen LogP contribution < -0.4 is 5.32 Å². The second-order valence-electron chi connectivity index (χ2n) is 4.02. The van der Waals surface area contributed by atoms with Gasteiger partial charge in [-0.05, 0) is 18.1 Å². The Morgan fingerprint density at radius 1 is 1.28 bits per heavy atom. The van der Waals surface area contributed by atoms with E-state index in [1.807, 2.05) is 31.2 Å². The molecule has 5 heteroatoms. The summed E-state index contributed by atoms with van der Waals surface area (Å²) in [4.78, 5) is 21.5. The van der Waals surface area contributed by atoms with Gasteiger partial charge in [0.15, 0.2) is 0 Å². The lowest BCUT2D eigenvalue weighted by molar-refractivity contribution is -0.147. The van der Waals surface area contributed by atoms with Crippen molar-refractivity contribution in [2.45, 2.75) is 19.8 Å². The van der Waals surface area contributed by atoms with Crippen molar-refractivity contribution >= 4 is 17.6 Å². The first-order chi connectivity index (χ1) is 8.54. The molecule has 18 heavy (non-hydrogen) atoms. The van der Waals surface area contributed by atoms with Crippen LogP contribution in [0.5, 0.6) is 0 Å². The van der Waals surface area contributed by atoms with Crippen molar-refractivity contribution < 1.29 is 19.8 Å². The summed E-state index contributed by atoms with van der Waals surface area (Å²) in [5.74, 6) is -3.13. The van der Waals surface area contributed by atoms with Crippen molar-refractivity contribution in [1.82, 2.24) is 0 Å². The fourth-order valence-corrected chi connectivity index (χ4v) is 1.69. The molecule has 0 fully saturated rings. The zero-order valence-electron chi connectivity index (χ0n) is 10.2. The number of aliphatic carboxylic acids is 2. The summed E-state index contributed by atoms with van der Waals surface area (Å²) in [5.41, 5.74) is 1.94. The Morgan fingerprint density at radius 2 is 1.94 bits per heavy atom. The maximum Gasteiger partial charge on any atom is 0.308 e. The van der Waals surface area contributed by atoms with E-state index in [9.17, 15) is 9.59 Å². The number of benzene rings is 1. The van der Waals surface area contributed by atoms with E-state index in [1.165, 1.54) is 0 Å². The van der Waals surface area contributed by atoms with E-state index in [0.29, 0.717) is 0 Å². The molecule has 0 aliphatic heterocycles. The van der Waals surface area contributed by atoms with Crippen LogP contribution in [0.15, 0.2) is 24.3 Å². The number of nitrogens with one attached hydrogen (secondary N) is 1. The molecule has 1 aromatic rings. The van der Waals surface area contributed by atoms with Crippen LogP contribution in [0.25, 0.3) is 0 Å². The second kappa shape index (κ2) is 6.64. The molecule has 0 aromatic heterocycles. The number of anilines is 1. The Morgan fingerprint density at radius 3 is 2.50 bits per heavy atom. The first kappa shape index (κ1) is 14.0. The average molecular weight is 251 g/mol. The summed E-state index contributed by atoms with van der Waals surface area (Å²) in [6.07, 6.45) is 0.455. The van der Waals surface area contributed by atoms with E-state index < -0.39 is 17.9 Å². The fourth-order valence-electron chi connectivity index (χ4n) is 1.69. The molecule has 0 bridgehead atoms. The maximum atomic E-state index is 10.9. The van der Waals surface area contributed by atoms with Crippen LogP contribution in [0.1, 0.15) is 18.9 Å². The second-order valence-corrected chi connectivity index (χ2v) is 4.02. The number of hydrogen-bond donors (Lipinski definition) is 3. The summed E-state index contributed by atoms with van der Waals surface area (Å²) in [6, 6.07) is 7.58. The Labute approximate surface area is 105 Å². The van der Waals surface area contributed by atoms with E-state index in [4.69, 9.17) is 10.2 Å². The molecule has 1 unspecified atom stereocenters. The van der Waals surface area contributed by atoms with Crippen LogP contribution in [0.4, 0.5) is 5.69 Å². The predicted octanol–water partition coefficient (Wildman–Crippen LogP) is 1.84. The summed E-state index contributed by atoms with van der Waals surface area (Å²) in [6.45, 7) is 2.12. The monoisotopic (exact) mass is 251 g/mol. The molecule has 5 nitrogen and oxygen atoms in total. The molecule has 0 amide bonds. The lowest BCUT2D eigenvalue weighted by atomic mass is 10.1. The minimum Gasteiger partial charge on any atom is -0.481 e. The maximum absolute atomic E-state index is 10.9. The lowest BCUT2D eigenvalue weighted by Crippen LogP contribution is -2.25. The average Bonchev–Trinajstić information content (AvgIpc) is 2.34. The molecule has 0 aliphatic carbocycles. The fraction of sp³-hybridized carbons (Fsp3) is 0.385. The molecule has 0 saturated heterocycles. The van der Waals surface area contributed by atoms with Crippen LogP contribution >= 0.6 is 0 Å². The third kappa shape index (κ3) is 4.08. The summed E-state index contributed by atoms with van der Waals surface area (Å²) >= 11 is 0. The van der Waals surface area contributed by atoms with Gasteiger partial charge in [-0.15, -0.1) is 0 Å². The van der Waals surface area contributed by atoms with Gasteiger partial charge >= 0.3 is 11.9 Å². The highest BCUT2D eigenvalue weighted by Crippen LogP contribution is 2.16. The van der Waals surface area contributed by atoms with Crippen LogP contribution in [-0.2, 0) is 16.0 Å². The lowest BCUT2D eigenvalue weighted by Gasteiger charge is -2.14. The standard InChI is InChI=1S/C13H17NO4/c1-2-9-5-3-4-6-11(9)14-8-10(13(17)18)7-12(15)16/h3-6,10,14H,2,7-8H2,1H3,(H,15,16)(H,17,18). The molecule has 0 aliphatic rings. The van der Waals surface area contributed by atoms with E-state index in [-0.39, 0.29) is 13.0 Å². The quantitative estimate of drug-likeness (QED) is 0.688. The molecule has 98 valence electrons. The summed E-state index contributed by atoms with van der Waals surface area (Å²) < 4.78 is 0.